The molecule has 0 spiro atoms. The standard InChI is InChI=1S/C20H23N3O3S/c1-26-15-4-2-3-13(11-15)12-21-18(24)19-22-16-7-9-23(10-8-17(16)27-19)20(25)14-5-6-14/h2-4,11,14H,5-10,12H2,1H3,(H,21,24). The van der Waals surface area contributed by atoms with Crippen molar-refractivity contribution in [2.24, 2.45) is 5.92 Å². The Morgan fingerprint density at radius 3 is 2.89 bits per heavy atom. The highest BCUT2D eigenvalue weighted by molar-refractivity contribution is 7.13. The van der Waals surface area contributed by atoms with Gasteiger partial charge in [-0.2, -0.15) is 0 Å². The van der Waals surface area contributed by atoms with Crippen molar-refractivity contribution >= 4 is 23.2 Å². The topological polar surface area (TPSA) is 71.5 Å². The van der Waals surface area contributed by atoms with Gasteiger partial charge in [0.2, 0.25) is 5.91 Å². The Hall–Kier alpha value is -2.41. The number of hydrogen-bond acceptors (Lipinski definition) is 5. The molecule has 1 saturated carbocycles. The van der Waals surface area contributed by atoms with E-state index >= 15 is 0 Å². The fourth-order valence-corrected chi connectivity index (χ4v) is 4.32. The maximum absolute atomic E-state index is 12.5. The van der Waals surface area contributed by atoms with Gasteiger partial charge in [-0.05, 0) is 30.5 Å². The van der Waals surface area contributed by atoms with Crippen LogP contribution < -0.4 is 10.1 Å². The number of ether oxygens (including phenoxy) is 1. The first-order chi connectivity index (χ1) is 13.1. The summed E-state index contributed by atoms with van der Waals surface area (Å²) in [7, 11) is 1.62. The van der Waals surface area contributed by atoms with Crippen molar-refractivity contribution in [1.82, 2.24) is 15.2 Å². The first-order valence-corrected chi connectivity index (χ1v) is 10.1. The highest BCUT2D eigenvalue weighted by Crippen LogP contribution is 2.32. The van der Waals surface area contributed by atoms with Gasteiger partial charge >= 0.3 is 0 Å². The molecule has 0 atom stereocenters. The van der Waals surface area contributed by atoms with E-state index < -0.39 is 0 Å². The number of nitrogens with one attached hydrogen (secondary N) is 1. The highest BCUT2D eigenvalue weighted by atomic mass is 32.1. The maximum Gasteiger partial charge on any atom is 0.280 e. The molecule has 0 unspecified atom stereocenters. The van der Waals surface area contributed by atoms with Crippen LogP contribution in [0.4, 0.5) is 0 Å². The summed E-state index contributed by atoms with van der Waals surface area (Å²) in [5.41, 5.74) is 1.95. The van der Waals surface area contributed by atoms with Crippen LogP contribution in [0.25, 0.3) is 0 Å². The molecule has 1 fully saturated rings. The van der Waals surface area contributed by atoms with Gasteiger partial charge in [-0.25, -0.2) is 4.98 Å². The number of amides is 2. The van der Waals surface area contributed by atoms with E-state index in [0.29, 0.717) is 24.0 Å². The van der Waals surface area contributed by atoms with E-state index in [4.69, 9.17) is 4.74 Å². The van der Waals surface area contributed by atoms with Crippen LogP contribution in [0, 0.1) is 5.92 Å². The van der Waals surface area contributed by atoms with Gasteiger partial charge in [0.25, 0.3) is 5.91 Å². The van der Waals surface area contributed by atoms with Crippen LogP contribution >= 0.6 is 11.3 Å². The van der Waals surface area contributed by atoms with Crippen LogP contribution in [0.2, 0.25) is 0 Å². The normalized spacial score (nSPS) is 16.4. The number of benzene rings is 1. The zero-order chi connectivity index (χ0) is 18.8. The SMILES string of the molecule is COc1cccc(CNC(=O)c2nc3c(s2)CCN(C(=O)C2CC2)CC3)c1. The molecule has 142 valence electrons. The van der Waals surface area contributed by atoms with Crippen LogP contribution in [-0.4, -0.2) is 41.9 Å². The summed E-state index contributed by atoms with van der Waals surface area (Å²) in [6.07, 6.45) is 3.59. The average Bonchev–Trinajstić information content (AvgIpc) is 3.50. The lowest BCUT2D eigenvalue weighted by Gasteiger charge is -2.19. The molecule has 7 heteroatoms. The molecule has 2 amide bonds. The molecular weight excluding hydrogens is 362 g/mol. The highest BCUT2D eigenvalue weighted by Gasteiger charge is 2.34. The quantitative estimate of drug-likeness (QED) is 0.858. The van der Waals surface area contributed by atoms with E-state index in [0.717, 1.165) is 54.1 Å². The van der Waals surface area contributed by atoms with Gasteiger partial charge in [-0.1, -0.05) is 12.1 Å². The Balaban J connectivity index is 1.36. The number of carbonyl (C=O) groups is 2. The zero-order valence-electron chi connectivity index (χ0n) is 15.4. The van der Waals surface area contributed by atoms with Crippen LogP contribution in [0.15, 0.2) is 24.3 Å². The van der Waals surface area contributed by atoms with E-state index in [1.807, 2.05) is 29.2 Å². The van der Waals surface area contributed by atoms with Gasteiger partial charge in [-0.3, -0.25) is 9.59 Å². The lowest BCUT2D eigenvalue weighted by Crippen LogP contribution is -2.34. The first kappa shape index (κ1) is 18.0. The van der Waals surface area contributed by atoms with Gasteiger partial charge in [0.15, 0.2) is 5.01 Å². The summed E-state index contributed by atoms with van der Waals surface area (Å²) >= 11 is 1.45. The summed E-state index contributed by atoms with van der Waals surface area (Å²) in [5, 5.41) is 3.43. The second-order valence-corrected chi connectivity index (χ2v) is 8.11. The largest absolute Gasteiger partial charge is 0.497 e. The predicted octanol–water partition coefficient (Wildman–Crippen LogP) is 2.42. The van der Waals surface area contributed by atoms with Gasteiger partial charge in [0.1, 0.15) is 5.75 Å². The third-order valence-electron chi connectivity index (χ3n) is 5.03. The minimum Gasteiger partial charge on any atom is -0.497 e. The summed E-state index contributed by atoms with van der Waals surface area (Å²) < 4.78 is 5.21. The van der Waals surface area contributed by atoms with Crippen molar-refractivity contribution in [2.45, 2.75) is 32.2 Å². The molecule has 0 bridgehead atoms. The summed E-state index contributed by atoms with van der Waals surface area (Å²) in [5.74, 6) is 1.17. The number of hydrogen-bond donors (Lipinski definition) is 1. The van der Waals surface area contributed by atoms with Crippen molar-refractivity contribution in [3.8, 4) is 5.75 Å². The van der Waals surface area contributed by atoms with E-state index in [2.05, 4.69) is 10.3 Å². The summed E-state index contributed by atoms with van der Waals surface area (Å²) in [6, 6.07) is 7.63. The number of fused-ring (bicyclic) bond motifs is 1. The number of aromatic nitrogens is 1. The van der Waals surface area contributed by atoms with Crippen molar-refractivity contribution in [3.05, 3.63) is 45.4 Å². The lowest BCUT2D eigenvalue weighted by molar-refractivity contribution is -0.132. The minimum atomic E-state index is -0.151. The van der Waals surface area contributed by atoms with Crippen LogP contribution in [-0.2, 0) is 24.2 Å². The molecular formula is C20H23N3O3S. The third kappa shape index (κ3) is 4.13. The molecule has 1 aromatic carbocycles. The van der Waals surface area contributed by atoms with Crippen molar-refractivity contribution in [2.75, 3.05) is 20.2 Å². The fraction of sp³-hybridized carbons (Fsp3) is 0.450. The molecule has 2 heterocycles. The molecule has 1 N–H and O–H groups in total. The molecule has 2 aliphatic rings. The summed E-state index contributed by atoms with van der Waals surface area (Å²) in [4.78, 5) is 32.4. The molecule has 1 aliphatic heterocycles. The van der Waals surface area contributed by atoms with Crippen LogP contribution in [0.1, 0.15) is 38.8 Å². The second kappa shape index (κ2) is 7.68. The Morgan fingerprint density at radius 1 is 1.30 bits per heavy atom. The molecule has 6 nitrogen and oxygen atoms in total. The smallest absolute Gasteiger partial charge is 0.280 e. The fourth-order valence-electron chi connectivity index (χ4n) is 3.31. The summed E-state index contributed by atoms with van der Waals surface area (Å²) in [6.45, 7) is 1.87. The molecule has 1 aromatic heterocycles. The van der Waals surface area contributed by atoms with Gasteiger partial charge in [0.05, 0.1) is 12.8 Å². The van der Waals surface area contributed by atoms with E-state index in [1.165, 1.54) is 11.3 Å². The monoisotopic (exact) mass is 385 g/mol. The lowest BCUT2D eigenvalue weighted by atomic mass is 10.2. The van der Waals surface area contributed by atoms with Gasteiger partial charge in [-0.15, -0.1) is 11.3 Å². The number of carbonyl (C=O) groups excluding carboxylic acids is 2. The van der Waals surface area contributed by atoms with Crippen LogP contribution in [0.3, 0.4) is 0 Å². The Kier molecular flexibility index (Phi) is 5.11. The Morgan fingerprint density at radius 2 is 2.11 bits per heavy atom. The number of rotatable bonds is 5. The first-order valence-electron chi connectivity index (χ1n) is 9.32. The Labute approximate surface area is 162 Å². The van der Waals surface area contributed by atoms with Gasteiger partial charge in [0, 0.05) is 43.3 Å². The third-order valence-corrected chi connectivity index (χ3v) is 6.18. The number of nitrogens with zero attached hydrogens (tertiary/aromatic N) is 2. The predicted molar refractivity (Wildman–Crippen MR) is 103 cm³/mol. The minimum absolute atomic E-state index is 0.151. The molecule has 27 heavy (non-hydrogen) atoms. The molecule has 1 aliphatic carbocycles. The zero-order valence-corrected chi connectivity index (χ0v) is 16.2. The van der Waals surface area contributed by atoms with E-state index in [1.54, 1.807) is 7.11 Å². The second-order valence-electron chi connectivity index (χ2n) is 7.02. The van der Waals surface area contributed by atoms with Gasteiger partial charge < -0.3 is 15.0 Å². The molecule has 4 rings (SSSR count). The molecule has 0 radical (unpaired) electrons. The van der Waals surface area contributed by atoms with E-state index in [9.17, 15) is 9.59 Å². The number of methoxy groups -OCH3 is 1. The number of thiazole rings is 1. The van der Waals surface area contributed by atoms with Crippen molar-refractivity contribution in [3.63, 3.8) is 0 Å². The van der Waals surface area contributed by atoms with E-state index in [-0.39, 0.29) is 11.8 Å². The molecule has 0 saturated heterocycles. The molecule has 2 aromatic rings. The Bertz CT molecular complexity index is 834. The van der Waals surface area contributed by atoms with Crippen LogP contribution in [0.5, 0.6) is 5.75 Å². The van der Waals surface area contributed by atoms with Crippen molar-refractivity contribution < 1.29 is 14.3 Å². The van der Waals surface area contributed by atoms with Crippen molar-refractivity contribution in [1.29, 1.82) is 0 Å². The average molecular weight is 385 g/mol. The maximum atomic E-state index is 12.5.